The average molecular weight is 303 g/mol. The minimum absolute atomic E-state index is 0.487. The summed E-state index contributed by atoms with van der Waals surface area (Å²) in [6.45, 7) is 6.60. The van der Waals surface area contributed by atoms with Crippen LogP contribution in [0.15, 0.2) is 18.2 Å². The molecule has 1 fully saturated rings. The summed E-state index contributed by atoms with van der Waals surface area (Å²) in [6.07, 6.45) is 3.11. The SMILES string of the molecule is CCOc1cccc(C2(C#N)CCCCC2(C)O)c1OCC. The lowest BCUT2D eigenvalue weighted by atomic mass is 9.61. The number of aliphatic hydroxyl groups is 1. The number of nitrogens with zero attached hydrogens (tertiary/aromatic N) is 1. The van der Waals surface area contributed by atoms with E-state index in [1.807, 2.05) is 32.0 Å². The molecule has 0 saturated heterocycles. The molecule has 1 aliphatic rings. The first kappa shape index (κ1) is 16.6. The van der Waals surface area contributed by atoms with Gasteiger partial charge < -0.3 is 14.6 Å². The van der Waals surface area contributed by atoms with Crippen molar-refractivity contribution in [3.63, 3.8) is 0 Å². The number of ether oxygens (including phenoxy) is 2. The number of hydrogen-bond donors (Lipinski definition) is 1. The molecule has 1 aliphatic carbocycles. The van der Waals surface area contributed by atoms with E-state index in [1.165, 1.54) is 0 Å². The van der Waals surface area contributed by atoms with Crippen LogP contribution >= 0.6 is 0 Å². The van der Waals surface area contributed by atoms with Crippen molar-refractivity contribution in [2.45, 2.75) is 57.5 Å². The van der Waals surface area contributed by atoms with Gasteiger partial charge in [0.25, 0.3) is 0 Å². The highest BCUT2D eigenvalue weighted by molar-refractivity contribution is 5.54. The minimum Gasteiger partial charge on any atom is -0.490 e. The Labute approximate surface area is 132 Å². The molecule has 1 aromatic carbocycles. The predicted molar refractivity (Wildman–Crippen MR) is 85.2 cm³/mol. The second-order valence-electron chi connectivity index (χ2n) is 6.00. The quantitative estimate of drug-likeness (QED) is 0.903. The van der Waals surface area contributed by atoms with Crippen LogP contribution in [-0.2, 0) is 5.41 Å². The van der Waals surface area contributed by atoms with Crippen molar-refractivity contribution in [2.75, 3.05) is 13.2 Å². The van der Waals surface area contributed by atoms with Crippen LogP contribution in [-0.4, -0.2) is 23.9 Å². The molecule has 0 aromatic heterocycles. The van der Waals surface area contributed by atoms with Crippen molar-refractivity contribution in [3.8, 4) is 17.6 Å². The van der Waals surface area contributed by atoms with Gasteiger partial charge in [0.2, 0.25) is 0 Å². The molecule has 22 heavy (non-hydrogen) atoms. The molecule has 2 atom stereocenters. The molecular weight excluding hydrogens is 278 g/mol. The fourth-order valence-corrected chi connectivity index (χ4v) is 3.42. The Morgan fingerprint density at radius 2 is 1.86 bits per heavy atom. The van der Waals surface area contributed by atoms with Crippen molar-refractivity contribution < 1.29 is 14.6 Å². The van der Waals surface area contributed by atoms with E-state index in [1.54, 1.807) is 6.92 Å². The lowest BCUT2D eigenvalue weighted by Crippen LogP contribution is -2.51. The molecule has 4 nitrogen and oxygen atoms in total. The van der Waals surface area contributed by atoms with E-state index in [0.717, 1.165) is 18.4 Å². The molecule has 1 N–H and O–H groups in total. The Morgan fingerprint density at radius 1 is 1.18 bits per heavy atom. The van der Waals surface area contributed by atoms with Crippen LogP contribution in [0.5, 0.6) is 11.5 Å². The van der Waals surface area contributed by atoms with Gasteiger partial charge in [-0.15, -0.1) is 0 Å². The lowest BCUT2D eigenvalue weighted by molar-refractivity contribution is -0.0312. The van der Waals surface area contributed by atoms with Gasteiger partial charge in [0.05, 0.1) is 24.9 Å². The van der Waals surface area contributed by atoms with Crippen molar-refractivity contribution in [1.82, 2.24) is 0 Å². The first-order valence-electron chi connectivity index (χ1n) is 8.05. The van der Waals surface area contributed by atoms with E-state index in [-0.39, 0.29) is 0 Å². The van der Waals surface area contributed by atoms with Crippen LogP contribution in [0.1, 0.15) is 52.0 Å². The zero-order chi connectivity index (χ0) is 16.2. The van der Waals surface area contributed by atoms with Gasteiger partial charge in [-0.3, -0.25) is 0 Å². The van der Waals surface area contributed by atoms with E-state index in [4.69, 9.17) is 9.47 Å². The molecule has 0 spiro atoms. The van der Waals surface area contributed by atoms with E-state index in [9.17, 15) is 10.4 Å². The van der Waals surface area contributed by atoms with Crippen LogP contribution in [0.25, 0.3) is 0 Å². The number of para-hydroxylation sites is 1. The molecule has 4 heteroatoms. The normalized spacial score (nSPS) is 28.0. The summed E-state index contributed by atoms with van der Waals surface area (Å²) in [5.41, 5.74) is -1.29. The summed E-state index contributed by atoms with van der Waals surface area (Å²) < 4.78 is 11.5. The summed E-state index contributed by atoms with van der Waals surface area (Å²) in [5, 5.41) is 20.9. The van der Waals surface area contributed by atoms with Gasteiger partial charge in [0, 0.05) is 5.56 Å². The lowest BCUT2D eigenvalue weighted by Gasteiger charge is -2.44. The van der Waals surface area contributed by atoms with Gasteiger partial charge in [0.1, 0.15) is 5.41 Å². The van der Waals surface area contributed by atoms with E-state index in [0.29, 0.717) is 37.6 Å². The first-order chi connectivity index (χ1) is 10.5. The highest BCUT2D eigenvalue weighted by Crippen LogP contribution is 2.50. The van der Waals surface area contributed by atoms with Crippen molar-refractivity contribution >= 4 is 0 Å². The van der Waals surface area contributed by atoms with Gasteiger partial charge in [0.15, 0.2) is 11.5 Å². The number of rotatable bonds is 5. The Balaban J connectivity index is 2.62. The predicted octanol–water partition coefficient (Wildman–Crippen LogP) is 3.57. The molecular formula is C18H25NO3. The molecule has 0 radical (unpaired) electrons. The van der Waals surface area contributed by atoms with Crippen LogP contribution in [0, 0.1) is 11.3 Å². The zero-order valence-electron chi connectivity index (χ0n) is 13.7. The maximum absolute atomic E-state index is 10.9. The second-order valence-corrected chi connectivity index (χ2v) is 6.00. The van der Waals surface area contributed by atoms with E-state index < -0.39 is 11.0 Å². The van der Waals surface area contributed by atoms with Crippen LogP contribution in [0.3, 0.4) is 0 Å². The zero-order valence-corrected chi connectivity index (χ0v) is 13.7. The molecule has 0 heterocycles. The van der Waals surface area contributed by atoms with Crippen molar-refractivity contribution in [3.05, 3.63) is 23.8 Å². The average Bonchev–Trinajstić information content (AvgIpc) is 2.50. The van der Waals surface area contributed by atoms with Gasteiger partial charge in [-0.25, -0.2) is 0 Å². The summed E-state index contributed by atoms with van der Waals surface area (Å²) >= 11 is 0. The topological polar surface area (TPSA) is 62.5 Å². The van der Waals surface area contributed by atoms with Gasteiger partial charge in [-0.05, 0) is 39.7 Å². The minimum atomic E-state index is -1.07. The third-order valence-electron chi connectivity index (χ3n) is 4.60. The highest BCUT2D eigenvalue weighted by Gasteiger charge is 2.52. The largest absolute Gasteiger partial charge is 0.490 e. The van der Waals surface area contributed by atoms with Gasteiger partial charge in [-0.2, -0.15) is 5.26 Å². The molecule has 1 aromatic rings. The van der Waals surface area contributed by atoms with Crippen LogP contribution in [0.4, 0.5) is 0 Å². The Hall–Kier alpha value is -1.73. The second kappa shape index (κ2) is 6.58. The summed E-state index contributed by atoms with van der Waals surface area (Å²) in [5.74, 6) is 1.23. The summed E-state index contributed by atoms with van der Waals surface area (Å²) in [4.78, 5) is 0. The summed E-state index contributed by atoms with van der Waals surface area (Å²) in [7, 11) is 0. The third-order valence-corrected chi connectivity index (χ3v) is 4.60. The third kappa shape index (κ3) is 2.66. The van der Waals surface area contributed by atoms with Gasteiger partial charge in [-0.1, -0.05) is 25.0 Å². The number of nitriles is 1. The Bertz CT molecular complexity index is 562. The Morgan fingerprint density at radius 3 is 2.45 bits per heavy atom. The molecule has 0 amide bonds. The van der Waals surface area contributed by atoms with E-state index >= 15 is 0 Å². The maximum atomic E-state index is 10.9. The van der Waals surface area contributed by atoms with Crippen molar-refractivity contribution in [2.24, 2.45) is 0 Å². The maximum Gasteiger partial charge on any atom is 0.166 e. The number of hydrogen-bond acceptors (Lipinski definition) is 4. The first-order valence-corrected chi connectivity index (χ1v) is 8.05. The number of benzene rings is 1. The Kier molecular flexibility index (Phi) is 4.97. The smallest absolute Gasteiger partial charge is 0.166 e. The molecule has 0 bridgehead atoms. The van der Waals surface area contributed by atoms with Gasteiger partial charge >= 0.3 is 0 Å². The molecule has 120 valence electrons. The molecule has 2 unspecified atom stereocenters. The molecule has 2 rings (SSSR count). The highest BCUT2D eigenvalue weighted by atomic mass is 16.5. The molecule has 1 saturated carbocycles. The van der Waals surface area contributed by atoms with Crippen LogP contribution < -0.4 is 9.47 Å². The summed E-state index contributed by atoms with van der Waals surface area (Å²) in [6, 6.07) is 8.01. The van der Waals surface area contributed by atoms with Crippen molar-refractivity contribution in [1.29, 1.82) is 5.26 Å². The monoisotopic (exact) mass is 303 g/mol. The standard InChI is InChI=1S/C18H25NO3/c1-4-21-15-10-8-9-14(16(15)22-5-2)18(13-19)12-7-6-11-17(18,3)20/h8-10,20H,4-7,11-12H2,1-3H3. The fourth-order valence-electron chi connectivity index (χ4n) is 3.42. The molecule has 0 aliphatic heterocycles. The fraction of sp³-hybridized carbons (Fsp3) is 0.611. The van der Waals surface area contributed by atoms with E-state index in [2.05, 4.69) is 6.07 Å². The van der Waals surface area contributed by atoms with Crippen LogP contribution in [0.2, 0.25) is 0 Å².